The standard InChI is InChI=1S/C14H22BrClN2/c1-14(2,3)18-6-4-5-17-10-11-7-12(15)9-13(16)8-11/h7-9,17-18H,4-6,10H2,1-3H3. The summed E-state index contributed by atoms with van der Waals surface area (Å²) in [5.41, 5.74) is 1.41. The smallest absolute Gasteiger partial charge is 0.0420 e. The molecule has 0 saturated carbocycles. The highest BCUT2D eigenvalue weighted by Gasteiger charge is 2.06. The van der Waals surface area contributed by atoms with Crippen molar-refractivity contribution < 1.29 is 0 Å². The van der Waals surface area contributed by atoms with Crippen LogP contribution in [0.4, 0.5) is 0 Å². The monoisotopic (exact) mass is 332 g/mol. The molecule has 2 nitrogen and oxygen atoms in total. The molecule has 0 saturated heterocycles. The molecule has 0 aliphatic carbocycles. The van der Waals surface area contributed by atoms with E-state index in [4.69, 9.17) is 11.6 Å². The first-order valence-electron chi connectivity index (χ1n) is 6.27. The number of halogens is 2. The van der Waals surface area contributed by atoms with Gasteiger partial charge in [-0.1, -0.05) is 27.5 Å². The van der Waals surface area contributed by atoms with Crippen molar-refractivity contribution in [1.82, 2.24) is 10.6 Å². The minimum atomic E-state index is 0.206. The first kappa shape index (κ1) is 16.0. The molecule has 0 spiro atoms. The molecule has 0 aromatic heterocycles. The van der Waals surface area contributed by atoms with E-state index >= 15 is 0 Å². The summed E-state index contributed by atoms with van der Waals surface area (Å²) < 4.78 is 1.03. The van der Waals surface area contributed by atoms with E-state index in [0.717, 1.165) is 35.6 Å². The summed E-state index contributed by atoms with van der Waals surface area (Å²) in [4.78, 5) is 0. The van der Waals surface area contributed by atoms with E-state index in [1.54, 1.807) is 0 Å². The first-order chi connectivity index (χ1) is 8.37. The predicted molar refractivity (Wildman–Crippen MR) is 83.2 cm³/mol. The predicted octanol–water partition coefficient (Wildman–Crippen LogP) is 3.97. The van der Waals surface area contributed by atoms with Gasteiger partial charge in [0.25, 0.3) is 0 Å². The van der Waals surface area contributed by atoms with Gasteiger partial charge in [-0.3, -0.25) is 0 Å². The summed E-state index contributed by atoms with van der Waals surface area (Å²) in [6.07, 6.45) is 1.12. The van der Waals surface area contributed by atoms with Crippen molar-refractivity contribution in [2.24, 2.45) is 0 Å². The molecule has 0 fully saturated rings. The van der Waals surface area contributed by atoms with Crippen LogP contribution in [0.25, 0.3) is 0 Å². The number of rotatable bonds is 6. The van der Waals surface area contributed by atoms with Crippen molar-refractivity contribution in [1.29, 1.82) is 0 Å². The van der Waals surface area contributed by atoms with Gasteiger partial charge in [0.15, 0.2) is 0 Å². The zero-order valence-corrected chi connectivity index (χ0v) is 13.7. The van der Waals surface area contributed by atoms with Crippen molar-refractivity contribution in [3.63, 3.8) is 0 Å². The fourth-order valence-electron chi connectivity index (χ4n) is 1.62. The highest BCUT2D eigenvalue weighted by Crippen LogP contribution is 2.19. The molecule has 4 heteroatoms. The number of hydrogen-bond donors (Lipinski definition) is 2. The summed E-state index contributed by atoms with van der Waals surface area (Å²) in [5.74, 6) is 0. The lowest BCUT2D eigenvalue weighted by molar-refractivity contribution is 0.418. The Kier molecular flexibility index (Phi) is 6.64. The van der Waals surface area contributed by atoms with E-state index in [0.29, 0.717) is 0 Å². The molecule has 1 aromatic carbocycles. The molecular weight excluding hydrogens is 312 g/mol. The molecule has 2 N–H and O–H groups in total. The van der Waals surface area contributed by atoms with E-state index < -0.39 is 0 Å². The molecule has 0 unspecified atom stereocenters. The quantitative estimate of drug-likeness (QED) is 0.770. The summed E-state index contributed by atoms with van der Waals surface area (Å²) in [5, 5.41) is 7.67. The van der Waals surface area contributed by atoms with Crippen molar-refractivity contribution in [3.8, 4) is 0 Å². The number of nitrogens with one attached hydrogen (secondary N) is 2. The lowest BCUT2D eigenvalue weighted by Gasteiger charge is -2.20. The molecule has 18 heavy (non-hydrogen) atoms. The van der Waals surface area contributed by atoms with Crippen LogP contribution in [0.3, 0.4) is 0 Å². The van der Waals surface area contributed by atoms with Crippen molar-refractivity contribution >= 4 is 27.5 Å². The Morgan fingerprint density at radius 2 is 1.89 bits per heavy atom. The molecular formula is C14H22BrClN2. The molecule has 0 bridgehead atoms. The van der Waals surface area contributed by atoms with Gasteiger partial charge in [0.2, 0.25) is 0 Å². The van der Waals surface area contributed by atoms with Gasteiger partial charge >= 0.3 is 0 Å². The molecule has 0 heterocycles. The Labute approximate surface area is 124 Å². The van der Waals surface area contributed by atoms with Gasteiger partial charge in [0.05, 0.1) is 0 Å². The first-order valence-corrected chi connectivity index (χ1v) is 7.45. The van der Waals surface area contributed by atoms with Gasteiger partial charge in [-0.25, -0.2) is 0 Å². The van der Waals surface area contributed by atoms with Gasteiger partial charge in [-0.2, -0.15) is 0 Å². The van der Waals surface area contributed by atoms with Gasteiger partial charge in [0.1, 0.15) is 0 Å². The summed E-state index contributed by atoms with van der Waals surface area (Å²) in [7, 11) is 0. The molecule has 1 aromatic rings. The largest absolute Gasteiger partial charge is 0.313 e. The van der Waals surface area contributed by atoms with Crippen molar-refractivity contribution in [3.05, 3.63) is 33.3 Å². The van der Waals surface area contributed by atoms with Crippen LogP contribution in [0.15, 0.2) is 22.7 Å². The fraction of sp³-hybridized carbons (Fsp3) is 0.571. The van der Waals surface area contributed by atoms with E-state index in [1.807, 2.05) is 12.1 Å². The third-order valence-electron chi connectivity index (χ3n) is 2.44. The molecule has 0 amide bonds. The van der Waals surface area contributed by atoms with Gasteiger partial charge in [-0.15, -0.1) is 0 Å². The maximum absolute atomic E-state index is 6.00. The summed E-state index contributed by atoms with van der Waals surface area (Å²) >= 11 is 9.44. The molecule has 1 rings (SSSR count). The number of benzene rings is 1. The Morgan fingerprint density at radius 1 is 1.17 bits per heavy atom. The van der Waals surface area contributed by atoms with E-state index in [-0.39, 0.29) is 5.54 Å². The second-order valence-corrected chi connectivity index (χ2v) is 6.84. The van der Waals surface area contributed by atoms with Crippen LogP contribution in [-0.4, -0.2) is 18.6 Å². The fourth-order valence-corrected chi connectivity index (χ4v) is 2.55. The molecule has 0 aliphatic heterocycles. The van der Waals surface area contributed by atoms with E-state index in [2.05, 4.69) is 53.4 Å². The Hall–Kier alpha value is -0.0900. The summed E-state index contributed by atoms with van der Waals surface area (Å²) in [6.45, 7) is 9.45. The number of hydrogen-bond acceptors (Lipinski definition) is 2. The molecule has 102 valence electrons. The lowest BCUT2D eigenvalue weighted by atomic mass is 10.1. The Balaban J connectivity index is 2.18. The van der Waals surface area contributed by atoms with Gasteiger partial charge in [0, 0.05) is 21.6 Å². The molecule has 0 atom stereocenters. The highest BCUT2D eigenvalue weighted by atomic mass is 79.9. The van der Waals surface area contributed by atoms with Crippen LogP contribution >= 0.6 is 27.5 Å². The summed E-state index contributed by atoms with van der Waals surface area (Å²) in [6, 6.07) is 5.98. The third-order valence-corrected chi connectivity index (χ3v) is 3.11. The minimum absolute atomic E-state index is 0.206. The zero-order chi connectivity index (χ0) is 13.6. The second-order valence-electron chi connectivity index (χ2n) is 5.48. The van der Waals surface area contributed by atoms with Crippen molar-refractivity contribution in [2.75, 3.05) is 13.1 Å². The van der Waals surface area contributed by atoms with Crippen LogP contribution in [-0.2, 0) is 6.54 Å². The van der Waals surface area contributed by atoms with Crippen LogP contribution in [0, 0.1) is 0 Å². The average Bonchev–Trinajstić information content (AvgIpc) is 2.20. The Bertz CT molecular complexity index is 354. The van der Waals surface area contributed by atoms with E-state index in [1.165, 1.54) is 5.56 Å². The van der Waals surface area contributed by atoms with Gasteiger partial charge in [-0.05, 0) is 64.0 Å². The van der Waals surface area contributed by atoms with Crippen molar-refractivity contribution in [2.45, 2.75) is 39.3 Å². The minimum Gasteiger partial charge on any atom is -0.313 e. The van der Waals surface area contributed by atoms with Crippen LogP contribution in [0.2, 0.25) is 5.02 Å². The average molecular weight is 334 g/mol. The van der Waals surface area contributed by atoms with Crippen LogP contribution < -0.4 is 10.6 Å². The SMILES string of the molecule is CC(C)(C)NCCCNCc1cc(Cl)cc(Br)c1. The lowest BCUT2D eigenvalue weighted by Crippen LogP contribution is -2.37. The van der Waals surface area contributed by atoms with E-state index in [9.17, 15) is 0 Å². The topological polar surface area (TPSA) is 24.1 Å². The molecule has 0 aliphatic rings. The zero-order valence-electron chi connectivity index (χ0n) is 11.3. The second kappa shape index (κ2) is 7.49. The van der Waals surface area contributed by atoms with Crippen LogP contribution in [0.1, 0.15) is 32.8 Å². The Morgan fingerprint density at radius 3 is 2.50 bits per heavy atom. The van der Waals surface area contributed by atoms with Crippen LogP contribution in [0.5, 0.6) is 0 Å². The van der Waals surface area contributed by atoms with Gasteiger partial charge < -0.3 is 10.6 Å². The normalized spacial score (nSPS) is 11.8. The highest BCUT2D eigenvalue weighted by molar-refractivity contribution is 9.10. The maximum atomic E-state index is 6.00. The third kappa shape index (κ3) is 7.37. The molecule has 0 radical (unpaired) electrons. The maximum Gasteiger partial charge on any atom is 0.0420 e.